The van der Waals surface area contributed by atoms with Crippen molar-refractivity contribution in [2.24, 2.45) is 28.1 Å². The van der Waals surface area contributed by atoms with Crippen molar-refractivity contribution >= 4 is 0 Å². The highest BCUT2D eigenvalue weighted by Crippen LogP contribution is 2.67. The first-order valence-electron chi connectivity index (χ1n) is 9.34. The maximum absolute atomic E-state index is 11.2. The first kappa shape index (κ1) is 17.4. The van der Waals surface area contributed by atoms with Crippen LogP contribution in [-0.4, -0.2) is 34.1 Å². The molecule has 0 unspecified atom stereocenters. The van der Waals surface area contributed by atoms with Gasteiger partial charge in [0.1, 0.15) is 0 Å². The van der Waals surface area contributed by atoms with E-state index in [-0.39, 0.29) is 22.9 Å². The highest BCUT2D eigenvalue weighted by Gasteiger charge is 2.62. The number of hydrogen-bond donors (Lipinski definition) is 3. The molecular formula is C20H34O3. The summed E-state index contributed by atoms with van der Waals surface area (Å²) in [5.41, 5.74) is 1.07. The zero-order valence-corrected chi connectivity index (χ0v) is 15.0. The van der Waals surface area contributed by atoms with Crippen molar-refractivity contribution < 1.29 is 15.3 Å². The largest absolute Gasteiger partial charge is 0.394 e. The van der Waals surface area contributed by atoms with Gasteiger partial charge >= 0.3 is 0 Å². The van der Waals surface area contributed by atoms with Gasteiger partial charge in [-0.2, -0.15) is 0 Å². The fourth-order valence-electron chi connectivity index (χ4n) is 6.41. The minimum absolute atomic E-state index is 0.0922. The average Bonchev–Trinajstić information content (AvgIpc) is 2.50. The van der Waals surface area contributed by atoms with Crippen LogP contribution in [-0.2, 0) is 0 Å². The van der Waals surface area contributed by atoms with Crippen molar-refractivity contribution in [2.75, 3.05) is 6.61 Å². The third kappa shape index (κ3) is 2.34. The van der Waals surface area contributed by atoms with E-state index in [0.717, 1.165) is 25.7 Å². The molecule has 0 aromatic heterocycles. The number of aliphatic hydroxyl groups excluding tert-OH is 3. The van der Waals surface area contributed by atoms with Crippen LogP contribution < -0.4 is 0 Å². The molecule has 132 valence electrons. The Balaban J connectivity index is 1.94. The zero-order chi connectivity index (χ0) is 17.0. The lowest BCUT2D eigenvalue weighted by Gasteiger charge is -2.64. The van der Waals surface area contributed by atoms with E-state index in [1.54, 1.807) is 0 Å². The van der Waals surface area contributed by atoms with Crippen LogP contribution in [0, 0.1) is 28.1 Å². The Morgan fingerprint density at radius 3 is 2.57 bits per heavy atom. The van der Waals surface area contributed by atoms with Gasteiger partial charge in [0.25, 0.3) is 0 Å². The van der Waals surface area contributed by atoms with E-state index in [1.165, 1.54) is 18.4 Å². The Morgan fingerprint density at radius 1 is 1.22 bits per heavy atom. The fourth-order valence-corrected chi connectivity index (χ4v) is 6.41. The Bertz CT molecular complexity index is 489. The fraction of sp³-hybridized carbons (Fsp3) is 0.900. The summed E-state index contributed by atoms with van der Waals surface area (Å²) >= 11 is 0. The first-order chi connectivity index (χ1) is 10.7. The predicted molar refractivity (Wildman–Crippen MR) is 91.9 cm³/mol. The highest BCUT2D eigenvalue weighted by molar-refractivity contribution is 5.21. The molecule has 0 aromatic rings. The van der Waals surface area contributed by atoms with Crippen LogP contribution in [0.5, 0.6) is 0 Å². The Hall–Kier alpha value is -0.380. The van der Waals surface area contributed by atoms with E-state index in [0.29, 0.717) is 18.3 Å². The van der Waals surface area contributed by atoms with E-state index in [9.17, 15) is 15.3 Å². The minimum atomic E-state index is -0.740. The third-order valence-electron chi connectivity index (χ3n) is 8.26. The maximum Gasteiger partial charge on any atom is 0.0825 e. The van der Waals surface area contributed by atoms with Crippen molar-refractivity contribution in [1.82, 2.24) is 0 Å². The maximum atomic E-state index is 11.2. The number of aliphatic hydroxyl groups is 3. The van der Waals surface area contributed by atoms with Gasteiger partial charge in [-0.25, -0.2) is 0 Å². The Labute approximate surface area is 140 Å². The van der Waals surface area contributed by atoms with Crippen LogP contribution in [0.4, 0.5) is 0 Å². The summed E-state index contributed by atoms with van der Waals surface area (Å²) in [4.78, 5) is 0. The lowest BCUT2D eigenvalue weighted by atomic mass is 9.41. The van der Waals surface area contributed by atoms with Gasteiger partial charge in [-0.1, -0.05) is 32.9 Å². The van der Waals surface area contributed by atoms with Gasteiger partial charge in [0.15, 0.2) is 0 Å². The molecule has 23 heavy (non-hydrogen) atoms. The number of rotatable bonds is 2. The van der Waals surface area contributed by atoms with Crippen molar-refractivity contribution in [3.8, 4) is 0 Å². The molecule has 0 amide bonds. The second-order valence-electron chi connectivity index (χ2n) is 9.34. The van der Waals surface area contributed by atoms with E-state index in [2.05, 4.69) is 20.4 Å². The minimum Gasteiger partial charge on any atom is -0.394 e. The van der Waals surface area contributed by atoms with Gasteiger partial charge in [-0.15, -0.1) is 0 Å². The smallest absolute Gasteiger partial charge is 0.0825 e. The Kier molecular flexibility index (Phi) is 4.23. The van der Waals surface area contributed by atoms with Gasteiger partial charge in [-0.3, -0.25) is 0 Å². The molecule has 0 radical (unpaired) electrons. The molecule has 3 saturated carbocycles. The van der Waals surface area contributed by atoms with Gasteiger partial charge < -0.3 is 15.3 Å². The molecular weight excluding hydrogens is 288 g/mol. The summed E-state index contributed by atoms with van der Waals surface area (Å²) in [7, 11) is 0. The second-order valence-corrected chi connectivity index (χ2v) is 9.34. The van der Waals surface area contributed by atoms with Crippen LogP contribution in [0.2, 0.25) is 0 Å². The SMILES string of the molecule is C=C1CCC[C@@H]2[C@]3(C)[C@@H](CC[C@@]12C)C[C@@](C)([C@H](O)CO)C[C@H]3O. The molecule has 3 rings (SSSR count). The Morgan fingerprint density at radius 2 is 1.91 bits per heavy atom. The molecule has 0 bridgehead atoms. The highest BCUT2D eigenvalue weighted by atomic mass is 16.3. The number of fused-ring (bicyclic) bond motifs is 3. The monoisotopic (exact) mass is 322 g/mol. The molecule has 0 spiro atoms. The van der Waals surface area contributed by atoms with Gasteiger partial charge in [0.05, 0.1) is 18.8 Å². The van der Waals surface area contributed by atoms with E-state index in [1.807, 2.05) is 6.92 Å². The lowest BCUT2D eigenvalue weighted by Crippen LogP contribution is -2.61. The molecule has 7 atom stereocenters. The normalized spacial score (nSPS) is 51.7. The molecule has 3 N–H and O–H groups in total. The zero-order valence-electron chi connectivity index (χ0n) is 15.0. The van der Waals surface area contributed by atoms with E-state index < -0.39 is 12.2 Å². The van der Waals surface area contributed by atoms with Crippen molar-refractivity contribution in [1.29, 1.82) is 0 Å². The van der Waals surface area contributed by atoms with Gasteiger partial charge in [-0.05, 0) is 73.0 Å². The molecule has 0 heterocycles. The van der Waals surface area contributed by atoms with Gasteiger partial charge in [0.2, 0.25) is 0 Å². The second kappa shape index (κ2) is 5.57. The summed E-state index contributed by atoms with van der Waals surface area (Å²) in [6.07, 6.45) is 6.07. The quantitative estimate of drug-likeness (QED) is 0.684. The molecule has 3 nitrogen and oxygen atoms in total. The van der Waals surface area contributed by atoms with Gasteiger partial charge in [0, 0.05) is 0 Å². The summed E-state index contributed by atoms with van der Waals surface area (Å²) < 4.78 is 0. The average molecular weight is 322 g/mol. The lowest BCUT2D eigenvalue weighted by molar-refractivity contribution is -0.194. The van der Waals surface area contributed by atoms with Crippen LogP contribution in [0.1, 0.15) is 65.7 Å². The number of allylic oxidation sites excluding steroid dienone is 1. The molecule has 0 aliphatic heterocycles. The summed E-state index contributed by atoms with van der Waals surface area (Å²) in [5.74, 6) is 0.905. The van der Waals surface area contributed by atoms with Crippen LogP contribution in [0.3, 0.4) is 0 Å². The predicted octanol–water partition coefficient (Wildman–Crippen LogP) is 3.28. The number of hydrogen-bond acceptors (Lipinski definition) is 3. The van der Waals surface area contributed by atoms with Crippen molar-refractivity contribution in [2.45, 2.75) is 77.9 Å². The molecule has 0 saturated heterocycles. The molecule has 0 aromatic carbocycles. The van der Waals surface area contributed by atoms with E-state index in [4.69, 9.17) is 0 Å². The van der Waals surface area contributed by atoms with E-state index >= 15 is 0 Å². The molecule has 3 aliphatic carbocycles. The molecule has 3 fully saturated rings. The van der Waals surface area contributed by atoms with Crippen molar-refractivity contribution in [3.63, 3.8) is 0 Å². The summed E-state index contributed by atoms with van der Waals surface area (Å²) in [6, 6.07) is 0. The standard InChI is InChI=1S/C20H34O3/c1-13-6-5-7-15-19(13,3)9-8-14-10-18(2,17(23)12-21)11-16(22)20(14,15)4/h14-17,21-23H,1,5-12H2,2-4H3/t14-,15-,16+,17+,18+,19-,20-/m0/s1. The van der Waals surface area contributed by atoms with Crippen LogP contribution in [0.15, 0.2) is 12.2 Å². The van der Waals surface area contributed by atoms with Crippen LogP contribution in [0.25, 0.3) is 0 Å². The summed E-state index contributed by atoms with van der Waals surface area (Å²) in [5, 5.41) is 30.9. The first-order valence-corrected chi connectivity index (χ1v) is 9.34. The third-order valence-corrected chi connectivity index (χ3v) is 8.26. The summed E-state index contributed by atoms with van der Waals surface area (Å²) in [6.45, 7) is 10.8. The molecule has 3 heteroatoms. The van der Waals surface area contributed by atoms with Crippen LogP contribution >= 0.6 is 0 Å². The van der Waals surface area contributed by atoms with Crippen molar-refractivity contribution in [3.05, 3.63) is 12.2 Å². The molecule has 3 aliphatic rings. The topological polar surface area (TPSA) is 60.7 Å².